The lowest BCUT2D eigenvalue weighted by molar-refractivity contribution is -0.118. The highest BCUT2D eigenvalue weighted by atomic mass is 35.5. The summed E-state index contributed by atoms with van der Waals surface area (Å²) in [5.74, 6) is 0.299. The number of halogens is 1. The quantitative estimate of drug-likeness (QED) is 0.678. The van der Waals surface area contributed by atoms with Crippen LogP contribution in [0.4, 0.5) is 5.69 Å². The maximum absolute atomic E-state index is 12.0. The SMILES string of the molecule is Cc1cc(OCC(=O)Nc2ccc3[nH]c(=O)[nH]c3c2)cc(C)c1Cl. The lowest BCUT2D eigenvalue weighted by atomic mass is 10.1. The number of hydrogen-bond donors (Lipinski definition) is 3. The molecule has 124 valence electrons. The second kappa shape index (κ2) is 6.41. The summed E-state index contributed by atoms with van der Waals surface area (Å²) in [6.07, 6.45) is 0. The molecule has 1 aromatic heterocycles. The molecule has 0 spiro atoms. The second-order valence-corrected chi connectivity index (χ2v) is 5.93. The lowest BCUT2D eigenvalue weighted by Crippen LogP contribution is -2.20. The van der Waals surface area contributed by atoms with Crippen LogP contribution in [0.25, 0.3) is 11.0 Å². The number of aromatic nitrogens is 2. The number of benzene rings is 2. The fourth-order valence-corrected chi connectivity index (χ4v) is 2.55. The fraction of sp³-hybridized carbons (Fsp3) is 0.176. The molecule has 3 aromatic rings. The Labute approximate surface area is 142 Å². The van der Waals surface area contributed by atoms with Crippen LogP contribution in [0.3, 0.4) is 0 Å². The molecule has 1 heterocycles. The van der Waals surface area contributed by atoms with E-state index >= 15 is 0 Å². The summed E-state index contributed by atoms with van der Waals surface area (Å²) in [6.45, 7) is 3.65. The van der Waals surface area contributed by atoms with E-state index in [-0.39, 0.29) is 18.2 Å². The Morgan fingerprint density at radius 2 is 1.79 bits per heavy atom. The Hall–Kier alpha value is -2.73. The molecule has 0 saturated heterocycles. The molecule has 6 nitrogen and oxygen atoms in total. The zero-order chi connectivity index (χ0) is 17.3. The van der Waals surface area contributed by atoms with E-state index in [2.05, 4.69) is 15.3 Å². The normalized spacial score (nSPS) is 10.8. The summed E-state index contributed by atoms with van der Waals surface area (Å²) in [5, 5.41) is 3.42. The van der Waals surface area contributed by atoms with E-state index < -0.39 is 0 Å². The molecular weight excluding hydrogens is 330 g/mol. The van der Waals surface area contributed by atoms with Gasteiger partial charge in [0.25, 0.3) is 5.91 Å². The molecule has 0 saturated carbocycles. The Morgan fingerprint density at radius 3 is 2.50 bits per heavy atom. The number of aryl methyl sites for hydroxylation is 2. The largest absolute Gasteiger partial charge is 0.484 e. The van der Waals surface area contributed by atoms with E-state index in [1.54, 1.807) is 30.3 Å². The van der Waals surface area contributed by atoms with Gasteiger partial charge < -0.3 is 20.0 Å². The molecule has 0 aliphatic heterocycles. The third-order valence-corrected chi connectivity index (χ3v) is 4.18. The van der Waals surface area contributed by atoms with Crippen molar-refractivity contribution in [2.24, 2.45) is 0 Å². The second-order valence-electron chi connectivity index (χ2n) is 5.55. The van der Waals surface area contributed by atoms with Crippen LogP contribution in [-0.4, -0.2) is 22.5 Å². The van der Waals surface area contributed by atoms with Crippen molar-refractivity contribution in [2.75, 3.05) is 11.9 Å². The number of fused-ring (bicyclic) bond motifs is 1. The van der Waals surface area contributed by atoms with Crippen molar-refractivity contribution in [1.82, 2.24) is 9.97 Å². The molecule has 0 radical (unpaired) electrons. The number of ether oxygens (including phenoxy) is 1. The van der Waals surface area contributed by atoms with Crippen molar-refractivity contribution >= 4 is 34.2 Å². The van der Waals surface area contributed by atoms with Gasteiger partial charge in [-0.25, -0.2) is 4.79 Å². The molecule has 0 aliphatic carbocycles. The van der Waals surface area contributed by atoms with Crippen LogP contribution in [0.1, 0.15) is 11.1 Å². The molecule has 0 fully saturated rings. The Morgan fingerprint density at radius 1 is 1.12 bits per heavy atom. The number of carbonyl (C=O) groups excluding carboxylic acids is 1. The van der Waals surface area contributed by atoms with E-state index in [4.69, 9.17) is 16.3 Å². The first-order valence-corrected chi connectivity index (χ1v) is 7.71. The maximum Gasteiger partial charge on any atom is 0.323 e. The topological polar surface area (TPSA) is 87.0 Å². The van der Waals surface area contributed by atoms with Crippen LogP contribution in [0, 0.1) is 13.8 Å². The molecule has 7 heteroatoms. The molecule has 24 heavy (non-hydrogen) atoms. The van der Waals surface area contributed by atoms with Crippen molar-refractivity contribution in [2.45, 2.75) is 13.8 Å². The Kier molecular flexibility index (Phi) is 4.31. The molecule has 1 amide bonds. The molecule has 3 N–H and O–H groups in total. The third-order valence-electron chi connectivity index (χ3n) is 3.58. The molecular formula is C17H16ClN3O3. The molecule has 2 aromatic carbocycles. The van der Waals surface area contributed by atoms with E-state index in [0.717, 1.165) is 11.1 Å². The average molecular weight is 346 g/mol. The van der Waals surface area contributed by atoms with Crippen molar-refractivity contribution in [3.63, 3.8) is 0 Å². The van der Waals surface area contributed by atoms with Gasteiger partial charge in [0.1, 0.15) is 5.75 Å². The van der Waals surface area contributed by atoms with E-state index in [0.29, 0.717) is 27.5 Å². The van der Waals surface area contributed by atoms with Crippen molar-refractivity contribution in [1.29, 1.82) is 0 Å². The smallest absolute Gasteiger partial charge is 0.323 e. The lowest BCUT2D eigenvalue weighted by Gasteiger charge is -2.10. The van der Waals surface area contributed by atoms with E-state index in [9.17, 15) is 9.59 Å². The number of imidazole rings is 1. The number of aromatic amines is 2. The first kappa shape index (κ1) is 16.1. The minimum atomic E-state index is -0.294. The van der Waals surface area contributed by atoms with Gasteiger partial charge in [-0.15, -0.1) is 0 Å². The van der Waals surface area contributed by atoms with Crippen molar-refractivity contribution in [3.8, 4) is 5.75 Å². The monoisotopic (exact) mass is 345 g/mol. The first-order chi connectivity index (χ1) is 11.4. The minimum Gasteiger partial charge on any atom is -0.484 e. The molecule has 0 unspecified atom stereocenters. The molecule has 0 bridgehead atoms. The molecule has 3 rings (SSSR count). The summed E-state index contributed by atoms with van der Waals surface area (Å²) in [6, 6.07) is 8.69. The van der Waals surface area contributed by atoms with Crippen LogP contribution in [-0.2, 0) is 4.79 Å². The Bertz CT molecular complexity index is 952. The van der Waals surface area contributed by atoms with Crippen molar-refractivity contribution < 1.29 is 9.53 Å². The van der Waals surface area contributed by atoms with E-state index in [1.165, 1.54) is 0 Å². The highest BCUT2D eigenvalue weighted by Crippen LogP contribution is 2.25. The van der Waals surface area contributed by atoms with Gasteiger partial charge in [0.05, 0.1) is 11.0 Å². The fourth-order valence-electron chi connectivity index (χ4n) is 2.45. The maximum atomic E-state index is 12.0. The number of amides is 1. The number of nitrogens with one attached hydrogen (secondary N) is 3. The van der Waals surface area contributed by atoms with Gasteiger partial charge in [0, 0.05) is 10.7 Å². The van der Waals surface area contributed by atoms with Gasteiger partial charge in [0.2, 0.25) is 0 Å². The predicted octanol–water partition coefficient (Wildman–Crippen LogP) is 3.14. The summed E-state index contributed by atoms with van der Waals surface area (Å²) in [5.41, 5.74) is 3.40. The van der Waals surface area contributed by atoms with Crippen LogP contribution >= 0.6 is 11.6 Å². The average Bonchev–Trinajstić information content (AvgIpc) is 2.89. The van der Waals surface area contributed by atoms with Gasteiger partial charge in [0.15, 0.2) is 6.61 Å². The number of anilines is 1. The van der Waals surface area contributed by atoms with Crippen LogP contribution in [0.2, 0.25) is 5.02 Å². The number of H-pyrrole nitrogens is 2. The molecule has 0 atom stereocenters. The van der Waals surface area contributed by atoms with Crippen LogP contribution < -0.4 is 15.7 Å². The summed E-state index contributed by atoms with van der Waals surface area (Å²) in [7, 11) is 0. The minimum absolute atomic E-state index is 0.123. The highest BCUT2D eigenvalue weighted by molar-refractivity contribution is 6.32. The van der Waals surface area contributed by atoms with Gasteiger partial charge in [-0.1, -0.05) is 11.6 Å². The van der Waals surface area contributed by atoms with Gasteiger partial charge in [-0.3, -0.25) is 4.79 Å². The Balaban J connectivity index is 1.65. The number of carbonyl (C=O) groups is 1. The summed E-state index contributed by atoms with van der Waals surface area (Å²) < 4.78 is 5.51. The zero-order valence-electron chi connectivity index (χ0n) is 13.2. The number of hydrogen-bond acceptors (Lipinski definition) is 3. The molecule has 0 aliphatic rings. The summed E-state index contributed by atoms with van der Waals surface area (Å²) in [4.78, 5) is 28.5. The highest BCUT2D eigenvalue weighted by Gasteiger charge is 2.08. The standard InChI is InChI=1S/C17H16ClN3O3/c1-9-5-12(6-10(2)16(9)18)24-8-15(22)19-11-3-4-13-14(7-11)21-17(23)20-13/h3-7H,8H2,1-2H3,(H,19,22)(H2,20,21,23). The number of rotatable bonds is 4. The van der Waals surface area contributed by atoms with Crippen LogP contribution in [0.5, 0.6) is 5.75 Å². The zero-order valence-corrected chi connectivity index (χ0v) is 14.0. The van der Waals surface area contributed by atoms with Gasteiger partial charge in [-0.05, 0) is 55.3 Å². The first-order valence-electron chi connectivity index (χ1n) is 7.34. The van der Waals surface area contributed by atoms with Crippen molar-refractivity contribution in [3.05, 3.63) is 57.0 Å². The third kappa shape index (κ3) is 3.44. The van der Waals surface area contributed by atoms with Gasteiger partial charge in [-0.2, -0.15) is 0 Å². The van der Waals surface area contributed by atoms with Crippen LogP contribution in [0.15, 0.2) is 35.1 Å². The van der Waals surface area contributed by atoms with Gasteiger partial charge >= 0.3 is 5.69 Å². The summed E-state index contributed by atoms with van der Waals surface area (Å²) >= 11 is 6.11. The van der Waals surface area contributed by atoms with E-state index in [1.807, 2.05) is 13.8 Å². The predicted molar refractivity (Wildman–Crippen MR) is 94.0 cm³/mol.